The Labute approximate surface area is 142 Å². The van der Waals surface area contributed by atoms with E-state index in [2.05, 4.69) is 53.8 Å². The number of carbonyl (C=O) groups excluding carboxylic acids is 1. The molecule has 0 unspecified atom stereocenters. The summed E-state index contributed by atoms with van der Waals surface area (Å²) >= 11 is 0. The van der Waals surface area contributed by atoms with Gasteiger partial charge >= 0.3 is 0 Å². The molecule has 0 bridgehead atoms. The average molecular weight is 316 g/mol. The van der Waals surface area contributed by atoms with E-state index in [1.54, 1.807) is 0 Å². The van der Waals surface area contributed by atoms with Crippen LogP contribution >= 0.6 is 0 Å². The number of rotatable bonds is 2. The number of nitrogens with one attached hydrogen (secondary N) is 1. The molecule has 4 rings (SSSR count). The van der Waals surface area contributed by atoms with Crippen molar-refractivity contribution in [1.82, 2.24) is 5.43 Å². The highest BCUT2D eigenvalue weighted by Gasteiger charge is 2.28. The first-order chi connectivity index (χ1) is 11.7. The van der Waals surface area contributed by atoms with E-state index in [9.17, 15) is 4.79 Å². The van der Waals surface area contributed by atoms with E-state index in [-0.39, 0.29) is 5.78 Å². The molecule has 0 radical (unpaired) electrons. The minimum Gasteiger partial charge on any atom is -0.294 e. The molecule has 1 aliphatic heterocycles. The maximum atomic E-state index is 12.3. The fourth-order valence-corrected chi connectivity index (χ4v) is 3.46. The first-order valence-corrected chi connectivity index (χ1v) is 8.44. The number of hydrogen-bond acceptors (Lipinski definition) is 3. The highest BCUT2D eigenvalue weighted by molar-refractivity contribution is 6.09. The second-order valence-electron chi connectivity index (χ2n) is 6.68. The van der Waals surface area contributed by atoms with Gasteiger partial charge in [-0.15, -0.1) is 0 Å². The number of hydrogen-bond donors (Lipinski definition) is 1. The van der Waals surface area contributed by atoms with Crippen molar-refractivity contribution in [3.05, 3.63) is 71.4 Å². The lowest BCUT2D eigenvalue weighted by atomic mass is 9.84. The Balaban J connectivity index is 1.56. The van der Waals surface area contributed by atoms with Crippen LogP contribution in [0.1, 0.15) is 31.7 Å². The van der Waals surface area contributed by atoms with E-state index in [1.807, 2.05) is 18.2 Å². The van der Waals surface area contributed by atoms with E-state index in [1.165, 1.54) is 11.1 Å². The van der Waals surface area contributed by atoms with Gasteiger partial charge in [0.05, 0.1) is 5.71 Å². The fourth-order valence-electron chi connectivity index (χ4n) is 3.46. The summed E-state index contributed by atoms with van der Waals surface area (Å²) < 4.78 is 0. The summed E-state index contributed by atoms with van der Waals surface area (Å²) in [5, 5.41) is 4.51. The lowest BCUT2D eigenvalue weighted by Crippen LogP contribution is -2.29. The second kappa shape index (κ2) is 6.08. The van der Waals surface area contributed by atoms with Gasteiger partial charge < -0.3 is 0 Å². The first-order valence-electron chi connectivity index (χ1n) is 8.44. The second-order valence-corrected chi connectivity index (χ2v) is 6.68. The normalized spacial score (nSPS) is 20.3. The van der Waals surface area contributed by atoms with Gasteiger partial charge in [-0.05, 0) is 29.0 Å². The maximum absolute atomic E-state index is 12.3. The molecule has 1 heterocycles. The predicted molar refractivity (Wildman–Crippen MR) is 96.6 cm³/mol. The van der Waals surface area contributed by atoms with Crippen LogP contribution in [0.2, 0.25) is 0 Å². The summed E-state index contributed by atoms with van der Waals surface area (Å²) in [6, 6.07) is 18.7. The Kier molecular flexibility index (Phi) is 3.77. The van der Waals surface area contributed by atoms with Crippen LogP contribution in [0.25, 0.3) is 11.1 Å². The van der Waals surface area contributed by atoms with E-state index in [0.717, 1.165) is 29.0 Å². The van der Waals surface area contributed by atoms with Gasteiger partial charge in [0, 0.05) is 24.1 Å². The summed E-state index contributed by atoms with van der Waals surface area (Å²) in [6.07, 6.45) is 2.21. The first kappa shape index (κ1) is 14.9. The highest BCUT2D eigenvalue weighted by atomic mass is 16.1. The summed E-state index contributed by atoms with van der Waals surface area (Å²) in [4.78, 5) is 12.3. The molecule has 24 heavy (non-hydrogen) atoms. The third-order valence-corrected chi connectivity index (χ3v) is 4.78. The lowest BCUT2D eigenvalue weighted by Gasteiger charge is -2.27. The zero-order chi connectivity index (χ0) is 16.5. The van der Waals surface area contributed by atoms with Gasteiger partial charge in [-0.25, -0.2) is 0 Å². The molecule has 0 spiro atoms. The molecular weight excluding hydrogens is 296 g/mol. The molecule has 0 saturated heterocycles. The van der Waals surface area contributed by atoms with Gasteiger partial charge in [-0.2, -0.15) is 5.10 Å². The van der Waals surface area contributed by atoms with Crippen molar-refractivity contribution in [3.8, 4) is 11.1 Å². The Morgan fingerprint density at radius 2 is 1.58 bits per heavy atom. The van der Waals surface area contributed by atoms with Gasteiger partial charge in [0.2, 0.25) is 0 Å². The molecule has 2 aliphatic rings. The van der Waals surface area contributed by atoms with Crippen molar-refractivity contribution < 1.29 is 4.79 Å². The molecule has 2 aromatic rings. The van der Waals surface area contributed by atoms with Crippen LogP contribution in [0.15, 0.2) is 71.0 Å². The van der Waals surface area contributed by atoms with Crippen molar-refractivity contribution in [2.45, 2.75) is 26.2 Å². The van der Waals surface area contributed by atoms with Crippen molar-refractivity contribution in [1.29, 1.82) is 0 Å². The molecule has 0 saturated carbocycles. The minimum atomic E-state index is 0.268. The largest absolute Gasteiger partial charge is 0.294 e. The Morgan fingerprint density at radius 1 is 0.917 bits per heavy atom. The number of hydrazone groups is 1. The van der Waals surface area contributed by atoms with E-state index < -0.39 is 0 Å². The van der Waals surface area contributed by atoms with Gasteiger partial charge in [0.1, 0.15) is 0 Å². The van der Waals surface area contributed by atoms with Crippen LogP contribution in [0, 0.1) is 5.92 Å². The Morgan fingerprint density at radius 3 is 2.33 bits per heavy atom. The monoisotopic (exact) mass is 316 g/mol. The third-order valence-electron chi connectivity index (χ3n) is 4.78. The topological polar surface area (TPSA) is 41.5 Å². The van der Waals surface area contributed by atoms with Crippen molar-refractivity contribution in [3.63, 3.8) is 0 Å². The number of benzene rings is 2. The van der Waals surface area contributed by atoms with Gasteiger partial charge in [-0.1, -0.05) is 61.5 Å². The van der Waals surface area contributed by atoms with Crippen LogP contribution in [-0.4, -0.2) is 11.5 Å². The van der Waals surface area contributed by atoms with Crippen LogP contribution in [0.3, 0.4) is 0 Å². The zero-order valence-electron chi connectivity index (χ0n) is 13.8. The molecule has 2 aromatic carbocycles. The fraction of sp³-hybridized carbons (Fsp3) is 0.238. The highest BCUT2D eigenvalue weighted by Crippen LogP contribution is 2.30. The lowest BCUT2D eigenvalue weighted by molar-refractivity contribution is -0.117. The third kappa shape index (κ3) is 2.78. The van der Waals surface area contributed by atoms with Crippen LogP contribution in [0.4, 0.5) is 0 Å². The quantitative estimate of drug-likeness (QED) is 0.897. The molecule has 0 fully saturated rings. The smallest absolute Gasteiger partial charge is 0.161 e. The molecule has 1 atom stereocenters. The minimum absolute atomic E-state index is 0.268. The van der Waals surface area contributed by atoms with E-state index >= 15 is 0 Å². The summed E-state index contributed by atoms with van der Waals surface area (Å²) in [6.45, 7) is 2.12. The van der Waals surface area contributed by atoms with Crippen LogP contribution in [-0.2, 0) is 4.79 Å². The molecule has 0 amide bonds. The van der Waals surface area contributed by atoms with Gasteiger partial charge in [0.25, 0.3) is 0 Å². The maximum Gasteiger partial charge on any atom is 0.161 e. The number of nitrogens with zero attached hydrogens (tertiary/aromatic N) is 1. The summed E-state index contributed by atoms with van der Waals surface area (Å²) in [5.41, 5.74) is 9.46. The molecule has 1 aliphatic carbocycles. The standard InChI is InChI=1S/C21H20N2O/c1-14-11-20-18(21(24)12-14)13-19(22-23-20)17-9-7-16(8-10-17)15-5-3-2-4-6-15/h2-10,14,23H,11-13H2,1H3/t14-/m1/s1. The number of carbonyl (C=O) groups is 1. The molecule has 3 nitrogen and oxygen atoms in total. The van der Waals surface area contributed by atoms with Crippen LogP contribution in [0.5, 0.6) is 0 Å². The number of allylic oxidation sites excluding steroid dienone is 2. The van der Waals surface area contributed by atoms with Crippen molar-refractivity contribution >= 4 is 11.5 Å². The summed E-state index contributed by atoms with van der Waals surface area (Å²) in [7, 11) is 0. The van der Waals surface area contributed by atoms with Crippen LogP contribution < -0.4 is 5.43 Å². The molecule has 0 aromatic heterocycles. The zero-order valence-corrected chi connectivity index (χ0v) is 13.8. The number of ketones is 1. The van der Waals surface area contributed by atoms with E-state index in [4.69, 9.17) is 0 Å². The Hall–Kier alpha value is -2.68. The van der Waals surface area contributed by atoms with Crippen molar-refractivity contribution in [2.24, 2.45) is 11.0 Å². The average Bonchev–Trinajstić information content (AvgIpc) is 2.62. The predicted octanol–water partition coefficient (Wildman–Crippen LogP) is 4.30. The van der Waals surface area contributed by atoms with Crippen molar-refractivity contribution in [2.75, 3.05) is 0 Å². The molecule has 1 N–H and O–H groups in total. The molecule has 120 valence electrons. The SMILES string of the molecule is C[C@H]1CC(=O)C2=C(C1)NN=C(c1ccc(-c3ccccc3)cc1)C2. The van der Waals surface area contributed by atoms with Gasteiger partial charge in [-0.3, -0.25) is 10.2 Å². The molecule has 3 heteroatoms. The summed E-state index contributed by atoms with van der Waals surface area (Å²) in [5.74, 6) is 0.676. The Bertz CT molecular complexity index is 832. The van der Waals surface area contributed by atoms with Gasteiger partial charge in [0.15, 0.2) is 5.78 Å². The number of Topliss-reactive ketones (excluding diaryl/α,β-unsaturated/α-hetero) is 1. The van der Waals surface area contributed by atoms with E-state index in [0.29, 0.717) is 18.8 Å². The molecular formula is C21H20N2O.